The minimum atomic E-state index is -0.975. The van der Waals surface area contributed by atoms with Crippen molar-refractivity contribution in [1.82, 2.24) is 5.32 Å². The van der Waals surface area contributed by atoms with Crippen molar-refractivity contribution in [3.05, 3.63) is 34.9 Å². The standard InChI is InChI=1S/C16H23NO4/c1-10-6-7-11(2)12(8-10)13(9-14(18)19)17-15(20)21-16(3,4)5/h6-8,13H,9H2,1-5H3,(H,17,20)(H,18,19). The molecule has 0 spiro atoms. The third kappa shape index (κ3) is 5.85. The highest BCUT2D eigenvalue weighted by atomic mass is 16.6. The highest BCUT2D eigenvalue weighted by Gasteiger charge is 2.23. The number of hydrogen-bond acceptors (Lipinski definition) is 3. The summed E-state index contributed by atoms with van der Waals surface area (Å²) in [7, 11) is 0. The minimum absolute atomic E-state index is 0.191. The SMILES string of the molecule is Cc1ccc(C)c(C(CC(=O)O)NC(=O)OC(C)(C)C)c1. The largest absolute Gasteiger partial charge is 0.481 e. The first-order valence-corrected chi connectivity index (χ1v) is 6.87. The molecule has 0 heterocycles. The Balaban J connectivity index is 2.98. The third-order valence-corrected chi connectivity index (χ3v) is 2.88. The van der Waals surface area contributed by atoms with Gasteiger partial charge in [-0.15, -0.1) is 0 Å². The Bertz CT molecular complexity index is 532. The van der Waals surface area contributed by atoms with Crippen LogP contribution in [-0.2, 0) is 9.53 Å². The van der Waals surface area contributed by atoms with Gasteiger partial charge in [-0.2, -0.15) is 0 Å². The van der Waals surface area contributed by atoms with Crippen molar-refractivity contribution in [3.63, 3.8) is 0 Å². The van der Waals surface area contributed by atoms with E-state index in [1.807, 2.05) is 32.0 Å². The number of carbonyl (C=O) groups excluding carboxylic acids is 1. The van der Waals surface area contributed by atoms with Gasteiger partial charge in [-0.25, -0.2) is 4.79 Å². The Kier molecular flexibility index (Phi) is 5.35. The van der Waals surface area contributed by atoms with E-state index in [0.717, 1.165) is 16.7 Å². The first-order chi connectivity index (χ1) is 9.58. The number of benzene rings is 1. The van der Waals surface area contributed by atoms with E-state index in [4.69, 9.17) is 9.84 Å². The van der Waals surface area contributed by atoms with Gasteiger partial charge >= 0.3 is 12.1 Å². The smallest absolute Gasteiger partial charge is 0.408 e. The molecule has 0 radical (unpaired) electrons. The summed E-state index contributed by atoms with van der Waals surface area (Å²) >= 11 is 0. The summed E-state index contributed by atoms with van der Waals surface area (Å²) in [5, 5.41) is 11.7. The molecule has 0 saturated heterocycles. The molecule has 0 bridgehead atoms. The zero-order chi connectivity index (χ0) is 16.2. The quantitative estimate of drug-likeness (QED) is 0.892. The van der Waals surface area contributed by atoms with Gasteiger partial charge in [0, 0.05) is 0 Å². The van der Waals surface area contributed by atoms with Crippen LogP contribution in [0.1, 0.15) is 49.9 Å². The number of carboxylic acid groups (broad SMARTS) is 1. The van der Waals surface area contributed by atoms with Crippen LogP contribution in [0.2, 0.25) is 0 Å². The lowest BCUT2D eigenvalue weighted by atomic mass is 9.97. The van der Waals surface area contributed by atoms with Gasteiger partial charge in [-0.1, -0.05) is 23.8 Å². The van der Waals surface area contributed by atoms with Crippen LogP contribution in [0.3, 0.4) is 0 Å². The van der Waals surface area contributed by atoms with Gasteiger partial charge in [0.2, 0.25) is 0 Å². The maximum atomic E-state index is 11.9. The van der Waals surface area contributed by atoms with E-state index in [1.165, 1.54) is 0 Å². The topological polar surface area (TPSA) is 75.6 Å². The van der Waals surface area contributed by atoms with Gasteiger partial charge < -0.3 is 15.2 Å². The molecule has 2 N–H and O–H groups in total. The number of aryl methyl sites for hydroxylation is 2. The van der Waals surface area contributed by atoms with Crippen molar-refractivity contribution in [1.29, 1.82) is 0 Å². The number of rotatable bonds is 4. The minimum Gasteiger partial charge on any atom is -0.481 e. The Morgan fingerprint density at radius 2 is 1.90 bits per heavy atom. The molecule has 0 aliphatic heterocycles. The summed E-state index contributed by atoms with van der Waals surface area (Å²) in [6.07, 6.45) is -0.807. The van der Waals surface area contributed by atoms with Crippen molar-refractivity contribution >= 4 is 12.1 Å². The van der Waals surface area contributed by atoms with Gasteiger partial charge in [0.05, 0.1) is 12.5 Å². The number of hydrogen-bond donors (Lipinski definition) is 2. The first-order valence-electron chi connectivity index (χ1n) is 6.87. The van der Waals surface area contributed by atoms with Gasteiger partial charge in [0.25, 0.3) is 0 Å². The molecule has 0 aliphatic carbocycles. The lowest BCUT2D eigenvalue weighted by molar-refractivity contribution is -0.137. The Labute approximate surface area is 125 Å². The lowest BCUT2D eigenvalue weighted by Gasteiger charge is -2.24. The van der Waals surface area contributed by atoms with Crippen molar-refractivity contribution in [2.75, 3.05) is 0 Å². The molecule has 0 fully saturated rings. The first kappa shape index (κ1) is 17.0. The van der Waals surface area contributed by atoms with Crippen LogP contribution >= 0.6 is 0 Å². The summed E-state index contributed by atoms with van der Waals surface area (Å²) in [6.45, 7) is 9.10. The van der Waals surface area contributed by atoms with Gasteiger partial charge in [-0.05, 0) is 45.7 Å². The van der Waals surface area contributed by atoms with Crippen LogP contribution in [-0.4, -0.2) is 22.8 Å². The summed E-state index contributed by atoms with van der Waals surface area (Å²) in [5.74, 6) is -0.975. The number of alkyl carbamates (subject to hydrolysis) is 1. The van der Waals surface area contributed by atoms with E-state index in [0.29, 0.717) is 0 Å². The number of aliphatic carboxylic acids is 1. The van der Waals surface area contributed by atoms with E-state index in [2.05, 4.69) is 5.32 Å². The molecule has 21 heavy (non-hydrogen) atoms. The average Bonchev–Trinajstić information content (AvgIpc) is 2.28. The monoisotopic (exact) mass is 293 g/mol. The number of ether oxygens (including phenoxy) is 1. The zero-order valence-corrected chi connectivity index (χ0v) is 13.2. The Hall–Kier alpha value is -2.04. The Morgan fingerprint density at radius 1 is 1.29 bits per heavy atom. The lowest BCUT2D eigenvalue weighted by Crippen LogP contribution is -2.36. The second kappa shape index (κ2) is 6.61. The van der Waals surface area contributed by atoms with E-state index in [9.17, 15) is 9.59 Å². The molecule has 116 valence electrons. The highest BCUT2D eigenvalue weighted by Crippen LogP contribution is 2.23. The van der Waals surface area contributed by atoms with Gasteiger partial charge in [-0.3, -0.25) is 4.79 Å². The van der Waals surface area contributed by atoms with Crippen LogP contribution in [0.25, 0.3) is 0 Å². The molecule has 5 heteroatoms. The normalized spacial score (nSPS) is 12.6. The molecule has 5 nitrogen and oxygen atoms in total. The predicted octanol–water partition coefficient (Wildman–Crippen LogP) is 3.34. The van der Waals surface area contributed by atoms with Crippen molar-refractivity contribution in [2.24, 2.45) is 0 Å². The molecule has 1 rings (SSSR count). The number of carbonyl (C=O) groups is 2. The fraction of sp³-hybridized carbons (Fsp3) is 0.500. The maximum absolute atomic E-state index is 11.9. The summed E-state index contributed by atoms with van der Waals surface area (Å²) in [5.41, 5.74) is 2.11. The predicted molar refractivity (Wildman–Crippen MR) is 80.3 cm³/mol. The van der Waals surface area contributed by atoms with E-state index < -0.39 is 23.7 Å². The molecule has 0 aromatic heterocycles. The Morgan fingerprint density at radius 3 is 2.43 bits per heavy atom. The van der Waals surface area contributed by atoms with Crippen LogP contribution in [0, 0.1) is 13.8 Å². The molecule has 0 saturated carbocycles. The second-order valence-corrected chi connectivity index (χ2v) is 6.16. The van der Waals surface area contributed by atoms with Crippen molar-refractivity contribution < 1.29 is 19.4 Å². The fourth-order valence-electron chi connectivity index (χ4n) is 2.00. The summed E-state index contributed by atoms with van der Waals surface area (Å²) < 4.78 is 5.20. The molecule has 1 atom stereocenters. The molecule has 1 aromatic rings. The summed E-state index contributed by atoms with van der Waals surface area (Å²) in [4.78, 5) is 22.9. The molecule has 0 aliphatic rings. The maximum Gasteiger partial charge on any atom is 0.408 e. The third-order valence-electron chi connectivity index (χ3n) is 2.88. The fourth-order valence-corrected chi connectivity index (χ4v) is 2.00. The van der Waals surface area contributed by atoms with Crippen LogP contribution in [0.15, 0.2) is 18.2 Å². The average molecular weight is 293 g/mol. The molecular formula is C16H23NO4. The van der Waals surface area contributed by atoms with Gasteiger partial charge in [0.1, 0.15) is 5.60 Å². The number of nitrogens with one attached hydrogen (secondary N) is 1. The van der Waals surface area contributed by atoms with E-state index in [-0.39, 0.29) is 6.42 Å². The van der Waals surface area contributed by atoms with Crippen LogP contribution < -0.4 is 5.32 Å². The second-order valence-electron chi connectivity index (χ2n) is 6.16. The molecule has 1 amide bonds. The number of carboxylic acids is 1. The summed E-state index contributed by atoms with van der Waals surface area (Å²) in [6, 6.07) is 5.14. The zero-order valence-electron chi connectivity index (χ0n) is 13.2. The molecular weight excluding hydrogens is 270 g/mol. The van der Waals surface area contributed by atoms with Crippen LogP contribution in [0.4, 0.5) is 4.79 Å². The number of amides is 1. The molecule has 1 unspecified atom stereocenters. The van der Waals surface area contributed by atoms with Gasteiger partial charge in [0.15, 0.2) is 0 Å². The van der Waals surface area contributed by atoms with E-state index in [1.54, 1.807) is 20.8 Å². The van der Waals surface area contributed by atoms with Crippen LogP contribution in [0.5, 0.6) is 0 Å². The molecule has 1 aromatic carbocycles. The van der Waals surface area contributed by atoms with E-state index >= 15 is 0 Å². The van der Waals surface area contributed by atoms with Crippen molar-refractivity contribution in [3.8, 4) is 0 Å². The highest BCUT2D eigenvalue weighted by molar-refractivity contribution is 5.72. The van der Waals surface area contributed by atoms with Crippen molar-refractivity contribution in [2.45, 2.75) is 52.7 Å².